The topological polar surface area (TPSA) is 44.6 Å². The van der Waals surface area contributed by atoms with Crippen LogP contribution >= 0.6 is 0 Å². The Morgan fingerprint density at radius 1 is 0.882 bits per heavy atom. The zero-order valence-electron chi connectivity index (χ0n) is 23.5. The minimum absolute atomic E-state index is 0.0209. The van der Waals surface area contributed by atoms with Gasteiger partial charge in [-0.2, -0.15) is 0 Å². The van der Waals surface area contributed by atoms with Crippen molar-refractivity contribution in [2.24, 2.45) is 4.99 Å². The molecule has 2 N–H and O–H groups in total. The first-order chi connectivity index (χ1) is 15.5. The molecule has 0 bridgehead atoms. The molecule has 34 heavy (non-hydrogen) atoms. The molecule has 0 spiro atoms. The molecule has 0 saturated carbocycles. The quantitative estimate of drug-likeness (QED) is 0.332. The van der Waals surface area contributed by atoms with E-state index in [9.17, 15) is 5.11 Å². The number of benzene rings is 2. The van der Waals surface area contributed by atoms with E-state index < -0.39 is 0 Å². The lowest BCUT2D eigenvalue weighted by molar-refractivity contribution is 0.447. The second-order valence-electron chi connectivity index (χ2n) is 12.2. The second kappa shape index (κ2) is 10.4. The minimum atomic E-state index is -0.162. The highest BCUT2D eigenvalue weighted by molar-refractivity contribution is 5.96. The van der Waals surface area contributed by atoms with Gasteiger partial charge in [0.25, 0.3) is 0 Å². The third-order valence-electron chi connectivity index (χ3n) is 6.17. The molecular weight excluding hydrogens is 416 g/mol. The molecule has 0 saturated heterocycles. The number of allylic oxidation sites excluding steroid dienone is 2. The third kappa shape index (κ3) is 6.74. The summed E-state index contributed by atoms with van der Waals surface area (Å²) >= 11 is 0. The van der Waals surface area contributed by atoms with E-state index in [1.165, 1.54) is 16.7 Å². The van der Waals surface area contributed by atoms with Gasteiger partial charge in [0.15, 0.2) is 0 Å². The molecule has 0 aliphatic heterocycles. The summed E-state index contributed by atoms with van der Waals surface area (Å²) in [5.74, 6) is 1.12. The Labute approximate surface area is 208 Å². The second-order valence-corrected chi connectivity index (χ2v) is 12.2. The van der Waals surface area contributed by atoms with Crippen LogP contribution in [0.25, 0.3) is 0 Å². The first-order valence-electron chi connectivity index (χ1n) is 12.5. The van der Waals surface area contributed by atoms with Crippen LogP contribution in [0.4, 0.5) is 11.4 Å². The fraction of sp³-hybridized carbons (Fsp3) is 0.516. The number of nitrogens with zero attached hydrogens (tertiary/aromatic N) is 1. The molecule has 0 fully saturated rings. The van der Waals surface area contributed by atoms with Gasteiger partial charge in [0.1, 0.15) is 5.75 Å². The number of hydrogen-bond donors (Lipinski definition) is 2. The largest absolute Gasteiger partial charge is 0.505 e. The monoisotopic (exact) mass is 462 g/mol. The maximum atomic E-state index is 11.1. The summed E-state index contributed by atoms with van der Waals surface area (Å²) in [4.78, 5) is 5.06. The Morgan fingerprint density at radius 2 is 1.41 bits per heavy atom. The van der Waals surface area contributed by atoms with Crippen LogP contribution < -0.4 is 5.32 Å². The smallest absolute Gasteiger partial charge is 0.142 e. The van der Waals surface area contributed by atoms with Crippen molar-refractivity contribution in [1.82, 2.24) is 0 Å². The Kier molecular flexibility index (Phi) is 8.45. The molecule has 0 atom stereocenters. The van der Waals surface area contributed by atoms with Gasteiger partial charge in [-0.1, -0.05) is 93.5 Å². The van der Waals surface area contributed by atoms with Crippen LogP contribution in [0.1, 0.15) is 117 Å². The van der Waals surface area contributed by atoms with Crippen molar-refractivity contribution in [3.8, 4) is 5.75 Å². The normalized spacial score (nSPS) is 13.7. The van der Waals surface area contributed by atoms with E-state index in [0.29, 0.717) is 17.6 Å². The molecule has 2 aromatic rings. The molecule has 0 aliphatic carbocycles. The fourth-order valence-electron chi connectivity index (χ4n) is 4.15. The van der Waals surface area contributed by atoms with Crippen molar-refractivity contribution in [2.75, 3.05) is 5.32 Å². The number of nitrogens with one attached hydrogen (secondary N) is 1. The van der Waals surface area contributed by atoms with Crippen LogP contribution in [0, 0.1) is 0 Å². The molecule has 2 rings (SSSR count). The summed E-state index contributed by atoms with van der Waals surface area (Å²) in [6, 6.07) is 10.7. The summed E-state index contributed by atoms with van der Waals surface area (Å²) in [5.41, 5.74) is 8.21. The minimum Gasteiger partial charge on any atom is -0.505 e. The van der Waals surface area contributed by atoms with Crippen LogP contribution in [0.3, 0.4) is 0 Å². The molecule has 2 aromatic carbocycles. The van der Waals surface area contributed by atoms with Crippen LogP contribution in [0.15, 0.2) is 47.1 Å². The highest BCUT2D eigenvalue weighted by Crippen LogP contribution is 2.41. The summed E-state index contributed by atoms with van der Waals surface area (Å²) < 4.78 is 0. The van der Waals surface area contributed by atoms with Gasteiger partial charge in [-0.15, -0.1) is 0 Å². The number of anilines is 1. The van der Waals surface area contributed by atoms with E-state index in [0.717, 1.165) is 28.3 Å². The first-order valence-corrected chi connectivity index (χ1v) is 12.5. The van der Waals surface area contributed by atoms with Gasteiger partial charge in [0.05, 0.1) is 11.4 Å². The number of phenols is 1. The zero-order chi connectivity index (χ0) is 26.0. The fourth-order valence-corrected chi connectivity index (χ4v) is 4.15. The lowest BCUT2D eigenvalue weighted by Crippen LogP contribution is -2.17. The van der Waals surface area contributed by atoms with Gasteiger partial charge in [-0.3, -0.25) is 4.99 Å². The van der Waals surface area contributed by atoms with Gasteiger partial charge in [-0.25, -0.2) is 0 Å². The standard InChI is InChI=1S/C31H46N2O/c1-19(2)24-14-13-15-25(20(3)4)28(24)33-22(6)16-21(5)32-27-18-23(30(7,8)9)17-26(29(27)34)31(10,11)12/h13-20,32,34H,1-12H3/b21-16-,33-22?. The van der Waals surface area contributed by atoms with E-state index >= 15 is 0 Å². The highest BCUT2D eigenvalue weighted by Gasteiger charge is 2.25. The van der Waals surface area contributed by atoms with Crippen LogP contribution in [0.2, 0.25) is 0 Å². The molecule has 0 radical (unpaired) electrons. The molecule has 0 aliphatic rings. The average Bonchev–Trinajstić information content (AvgIpc) is 2.67. The number of aromatic hydroxyl groups is 1. The molecule has 186 valence electrons. The lowest BCUT2D eigenvalue weighted by Gasteiger charge is -2.28. The van der Waals surface area contributed by atoms with Crippen molar-refractivity contribution >= 4 is 17.1 Å². The highest BCUT2D eigenvalue weighted by atomic mass is 16.3. The van der Waals surface area contributed by atoms with Crippen LogP contribution in [0.5, 0.6) is 5.75 Å². The summed E-state index contributed by atoms with van der Waals surface area (Å²) in [6.45, 7) is 25.9. The molecule has 0 unspecified atom stereocenters. The maximum Gasteiger partial charge on any atom is 0.142 e. The average molecular weight is 463 g/mol. The predicted molar refractivity (Wildman–Crippen MR) is 150 cm³/mol. The Hall–Kier alpha value is -2.55. The molecular formula is C31H46N2O. The number of aliphatic imine (C=N–C) groups is 1. The van der Waals surface area contributed by atoms with Crippen molar-refractivity contribution in [3.05, 3.63) is 64.4 Å². The lowest BCUT2D eigenvalue weighted by atomic mass is 9.79. The number of phenolic OH excluding ortho intramolecular Hbond substituents is 1. The van der Waals surface area contributed by atoms with E-state index in [1.54, 1.807) is 0 Å². The number of rotatable bonds is 6. The SMILES string of the molecule is CC(/C=C(/C)Nc1cc(C(C)(C)C)cc(C(C)(C)C)c1O)=Nc1c(C(C)C)cccc1C(C)C. The third-order valence-corrected chi connectivity index (χ3v) is 6.17. The van der Waals surface area contributed by atoms with Gasteiger partial charge < -0.3 is 10.4 Å². The van der Waals surface area contributed by atoms with Crippen LogP contribution in [-0.2, 0) is 10.8 Å². The molecule has 3 nitrogen and oxygen atoms in total. The van der Waals surface area contributed by atoms with Gasteiger partial charge in [0, 0.05) is 17.0 Å². The van der Waals surface area contributed by atoms with Gasteiger partial charge in [-0.05, 0) is 65.3 Å². The van der Waals surface area contributed by atoms with Crippen molar-refractivity contribution < 1.29 is 5.11 Å². The maximum absolute atomic E-state index is 11.1. The number of hydrogen-bond acceptors (Lipinski definition) is 3. The Morgan fingerprint density at radius 3 is 1.85 bits per heavy atom. The van der Waals surface area contributed by atoms with Crippen LogP contribution in [-0.4, -0.2) is 10.8 Å². The van der Waals surface area contributed by atoms with Crippen molar-refractivity contribution in [1.29, 1.82) is 0 Å². The predicted octanol–water partition coefficient (Wildman–Crippen LogP) is 9.34. The molecule has 3 heteroatoms. The van der Waals surface area contributed by atoms with Crippen molar-refractivity contribution in [2.45, 2.75) is 106 Å². The molecule has 0 amide bonds. The first kappa shape index (κ1) is 27.7. The Balaban J connectivity index is 2.51. The zero-order valence-corrected chi connectivity index (χ0v) is 23.5. The van der Waals surface area contributed by atoms with Gasteiger partial charge >= 0.3 is 0 Å². The van der Waals surface area contributed by atoms with E-state index in [4.69, 9.17) is 4.99 Å². The molecule has 0 heterocycles. The number of para-hydroxylation sites is 1. The summed E-state index contributed by atoms with van der Waals surface area (Å²) in [6.07, 6.45) is 2.06. The Bertz CT molecular complexity index is 1050. The van der Waals surface area contributed by atoms with E-state index in [2.05, 4.69) is 111 Å². The molecule has 0 aromatic heterocycles. The summed E-state index contributed by atoms with van der Waals surface area (Å²) in [5, 5.41) is 14.6. The van der Waals surface area contributed by atoms with E-state index in [-0.39, 0.29) is 10.8 Å². The summed E-state index contributed by atoms with van der Waals surface area (Å²) in [7, 11) is 0. The van der Waals surface area contributed by atoms with Gasteiger partial charge in [0.2, 0.25) is 0 Å². The van der Waals surface area contributed by atoms with Crippen molar-refractivity contribution in [3.63, 3.8) is 0 Å². The van der Waals surface area contributed by atoms with E-state index in [1.807, 2.05) is 13.8 Å².